The van der Waals surface area contributed by atoms with Gasteiger partial charge in [0.1, 0.15) is 0 Å². The Kier molecular flexibility index (Phi) is 3.23. The van der Waals surface area contributed by atoms with Crippen molar-refractivity contribution in [3.63, 3.8) is 0 Å². The van der Waals surface area contributed by atoms with Crippen LogP contribution in [0.1, 0.15) is 0 Å². The van der Waals surface area contributed by atoms with Crippen LogP contribution in [0.5, 0.6) is 0 Å². The van der Waals surface area contributed by atoms with Crippen molar-refractivity contribution in [1.82, 2.24) is 0 Å². The third-order valence-electron chi connectivity index (χ3n) is 1.48. The average molecular weight is 133 g/mol. The first kappa shape index (κ1) is 8.10. The summed E-state index contributed by atoms with van der Waals surface area (Å²) in [5.41, 5.74) is 16.3. The van der Waals surface area contributed by atoms with E-state index >= 15 is 0 Å². The second-order valence-electron chi connectivity index (χ2n) is 2.42. The zero-order valence-corrected chi connectivity index (χ0v) is 6.35. The van der Waals surface area contributed by atoms with E-state index in [1.165, 1.54) is 0 Å². The second-order valence-corrected chi connectivity index (χ2v) is 7.27. The molecule has 50 valence electrons. The van der Waals surface area contributed by atoms with Crippen molar-refractivity contribution in [2.75, 3.05) is 18.5 Å². The van der Waals surface area contributed by atoms with Crippen molar-refractivity contribution >= 4 is 8.07 Å². The lowest BCUT2D eigenvalue weighted by atomic mass is 11.4. The average Bonchev–Trinajstić information content (AvgIpc) is 1.87. The summed E-state index contributed by atoms with van der Waals surface area (Å²) in [7, 11) is -1.34. The van der Waals surface area contributed by atoms with Gasteiger partial charge in [0.2, 0.25) is 0 Å². The van der Waals surface area contributed by atoms with E-state index in [1.807, 2.05) is 0 Å². The van der Waals surface area contributed by atoms with Crippen LogP contribution in [0.4, 0.5) is 0 Å². The fourth-order valence-electron chi connectivity index (χ4n) is 0.250. The van der Waals surface area contributed by atoms with Crippen LogP contribution in [0.3, 0.4) is 0 Å². The zero-order valence-electron chi connectivity index (χ0n) is 5.35. The fourth-order valence-corrected chi connectivity index (χ4v) is 0.750. The first-order chi connectivity index (χ1) is 3.68. The van der Waals surface area contributed by atoms with Crippen molar-refractivity contribution < 1.29 is 0 Å². The van der Waals surface area contributed by atoms with Crippen LogP contribution < -0.4 is 17.2 Å². The lowest BCUT2D eigenvalue weighted by Gasteiger charge is -2.19. The van der Waals surface area contributed by atoms with E-state index in [9.17, 15) is 0 Å². The van der Waals surface area contributed by atoms with Gasteiger partial charge in [-0.3, -0.25) is 0 Å². The first-order valence-electron chi connectivity index (χ1n) is 2.79. The quantitative estimate of drug-likeness (QED) is 0.413. The van der Waals surface area contributed by atoms with Crippen LogP contribution in [0.25, 0.3) is 0 Å². The molecule has 4 heteroatoms. The fraction of sp³-hybridized carbons (Fsp3) is 1.00. The second kappa shape index (κ2) is 3.19. The van der Waals surface area contributed by atoms with E-state index in [2.05, 4.69) is 6.55 Å². The molecule has 0 aliphatic heterocycles. The van der Waals surface area contributed by atoms with Gasteiger partial charge in [-0.2, -0.15) is 0 Å². The standard InChI is InChI=1S/C4H15N3Si/c1-8(2-5,3-6)4-7/h2-7H2,1H3. The molecular weight excluding hydrogens is 118 g/mol. The van der Waals surface area contributed by atoms with Gasteiger partial charge in [-0.1, -0.05) is 6.55 Å². The molecule has 0 saturated carbocycles. The Morgan fingerprint density at radius 2 is 1.25 bits per heavy atom. The van der Waals surface area contributed by atoms with E-state index < -0.39 is 8.07 Å². The molecule has 0 spiro atoms. The number of rotatable bonds is 3. The van der Waals surface area contributed by atoms with Crippen molar-refractivity contribution in [3.8, 4) is 0 Å². The minimum absolute atomic E-state index is 0.708. The third-order valence-corrected chi connectivity index (χ3v) is 4.44. The minimum Gasteiger partial charge on any atom is -0.333 e. The lowest BCUT2D eigenvalue weighted by Crippen LogP contribution is -2.54. The molecule has 0 fully saturated rings. The number of nitrogens with two attached hydrogens (primary N) is 3. The van der Waals surface area contributed by atoms with Crippen LogP contribution in [0.15, 0.2) is 0 Å². The molecule has 0 aliphatic carbocycles. The van der Waals surface area contributed by atoms with Crippen LogP contribution in [-0.4, -0.2) is 26.6 Å². The molecule has 0 aromatic rings. The van der Waals surface area contributed by atoms with Gasteiger partial charge in [0.05, 0.1) is 8.07 Å². The molecule has 0 heterocycles. The summed E-state index contributed by atoms with van der Waals surface area (Å²) in [4.78, 5) is 0. The molecule has 0 radical (unpaired) electrons. The maximum Gasteiger partial charge on any atom is 0.0934 e. The van der Waals surface area contributed by atoms with E-state index in [0.717, 1.165) is 0 Å². The van der Waals surface area contributed by atoms with Gasteiger partial charge in [0, 0.05) is 0 Å². The van der Waals surface area contributed by atoms with Crippen molar-refractivity contribution in [3.05, 3.63) is 0 Å². The molecule has 0 unspecified atom stereocenters. The highest BCUT2D eigenvalue weighted by Crippen LogP contribution is 1.91. The maximum atomic E-state index is 5.43. The smallest absolute Gasteiger partial charge is 0.0934 e. The summed E-state index contributed by atoms with van der Waals surface area (Å²) in [5.74, 6) is 0. The van der Waals surface area contributed by atoms with Crippen molar-refractivity contribution in [2.45, 2.75) is 6.55 Å². The SMILES string of the molecule is C[Si](CN)(CN)CN. The van der Waals surface area contributed by atoms with Crippen molar-refractivity contribution in [1.29, 1.82) is 0 Å². The largest absolute Gasteiger partial charge is 0.333 e. The lowest BCUT2D eigenvalue weighted by molar-refractivity contribution is 1.12. The Balaban J connectivity index is 3.58. The van der Waals surface area contributed by atoms with Gasteiger partial charge >= 0.3 is 0 Å². The van der Waals surface area contributed by atoms with Gasteiger partial charge < -0.3 is 17.2 Å². The zero-order chi connectivity index (χ0) is 6.62. The minimum atomic E-state index is -1.34. The van der Waals surface area contributed by atoms with Crippen LogP contribution in [0.2, 0.25) is 6.55 Å². The molecule has 3 nitrogen and oxygen atoms in total. The van der Waals surface area contributed by atoms with E-state index in [4.69, 9.17) is 17.2 Å². The Bertz CT molecular complexity index is 54.0. The van der Waals surface area contributed by atoms with Gasteiger partial charge in [0.25, 0.3) is 0 Å². The topological polar surface area (TPSA) is 78.1 Å². The molecule has 0 aromatic heterocycles. The van der Waals surface area contributed by atoms with Gasteiger partial charge in [-0.25, -0.2) is 0 Å². The number of hydrogen-bond acceptors (Lipinski definition) is 3. The Morgan fingerprint density at radius 3 is 1.25 bits per heavy atom. The highest BCUT2D eigenvalue weighted by molar-refractivity contribution is 6.79. The first-order valence-corrected chi connectivity index (χ1v) is 5.91. The summed E-state index contributed by atoms with van der Waals surface area (Å²) in [5, 5.41) is 0. The van der Waals surface area contributed by atoms with E-state index in [0.29, 0.717) is 18.5 Å². The summed E-state index contributed by atoms with van der Waals surface area (Å²) >= 11 is 0. The summed E-state index contributed by atoms with van der Waals surface area (Å²) < 4.78 is 0. The molecule has 0 bridgehead atoms. The van der Waals surface area contributed by atoms with Gasteiger partial charge in [-0.15, -0.1) is 0 Å². The third kappa shape index (κ3) is 1.91. The molecular formula is C4H15N3Si. The molecule has 8 heavy (non-hydrogen) atoms. The van der Waals surface area contributed by atoms with Gasteiger partial charge in [0.15, 0.2) is 0 Å². The van der Waals surface area contributed by atoms with Crippen LogP contribution in [-0.2, 0) is 0 Å². The van der Waals surface area contributed by atoms with Crippen LogP contribution >= 0.6 is 0 Å². The predicted octanol–water partition coefficient (Wildman–Crippen LogP) is -1.44. The Hall–Kier alpha value is 0.0969. The summed E-state index contributed by atoms with van der Waals surface area (Å²) in [6, 6.07) is 0. The highest BCUT2D eigenvalue weighted by Gasteiger charge is 2.20. The molecule has 0 amide bonds. The summed E-state index contributed by atoms with van der Waals surface area (Å²) in [6.07, 6.45) is 2.12. The molecule has 0 saturated heterocycles. The normalized spacial score (nSPS) is 12.0. The summed E-state index contributed by atoms with van der Waals surface area (Å²) in [6.45, 7) is 2.12. The monoisotopic (exact) mass is 133 g/mol. The Labute approximate surface area is 51.2 Å². The molecule has 6 N–H and O–H groups in total. The number of hydrogen-bond donors (Lipinski definition) is 3. The predicted molar refractivity (Wildman–Crippen MR) is 38.8 cm³/mol. The molecule has 0 atom stereocenters. The van der Waals surface area contributed by atoms with E-state index in [1.54, 1.807) is 0 Å². The molecule has 0 aliphatic rings. The molecule has 0 rings (SSSR count). The van der Waals surface area contributed by atoms with E-state index in [-0.39, 0.29) is 0 Å². The molecule has 0 aromatic carbocycles. The highest BCUT2D eigenvalue weighted by atomic mass is 28.3. The maximum absolute atomic E-state index is 5.43. The van der Waals surface area contributed by atoms with Crippen molar-refractivity contribution in [2.24, 2.45) is 17.2 Å². The Morgan fingerprint density at radius 1 is 1.00 bits per heavy atom. The van der Waals surface area contributed by atoms with Gasteiger partial charge in [-0.05, 0) is 18.5 Å². The van der Waals surface area contributed by atoms with Crippen LogP contribution in [0, 0.1) is 0 Å².